The minimum Gasteiger partial charge on any atom is -0.543 e. The maximum Gasteiger partial charge on any atom is 0.283 e. The summed E-state index contributed by atoms with van der Waals surface area (Å²) in [5.74, 6) is -3.23. The van der Waals surface area contributed by atoms with E-state index in [1.165, 1.54) is 28.9 Å². The van der Waals surface area contributed by atoms with Gasteiger partial charge in [-0.25, -0.2) is 4.98 Å². The number of carboxylic acids is 1. The van der Waals surface area contributed by atoms with Gasteiger partial charge < -0.3 is 31.9 Å². The van der Waals surface area contributed by atoms with E-state index >= 15 is 0 Å². The van der Waals surface area contributed by atoms with E-state index in [2.05, 4.69) is 15.5 Å². The lowest BCUT2D eigenvalue weighted by Gasteiger charge is -2.50. The van der Waals surface area contributed by atoms with Gasteiger partial charge in [0.2, 0.25) is 6.54 Å². The predicted octanol–water partition coefficient (Wildman–Crippen LogP) is -1.61. The molecule has 2 aromatic heterocycles. The number of anilines is 1. The van der Waals surface area contributed by atoms with Crippen molar-refractivity contribution in [2.75, 3.05) is 11.5 Å². The van der Waals surface area contributed by atoms with Gasteiger partial charge in [0.15, 0.2) is 23.2 Å². The summed E-state index contributed by atoms with van der Waals surface area (Å²) < 4.78 is 1.62. The van der Waals surface area contributed by atoms with Gasteiger partial charge in [0, 0.05) is 28.2 Å². The number of primary amides is 1. The van der Waals surface area contributed by atoms with Gasteiger partial charge in [0.1, 0.15) is 17.1 Å². The van der Waals surface area contributed by atoms with Crippen LogP contribution in [0.2, 0.25) is 0 Å². The number of thiazole rings is 1. The van der Waals surface area contributed by atoms with Gasteiger partial charge in [-0.15, -0.1) is 23.1 Å². The molecule has 0 bridgehead atoms. The number of nitrogens with one attached hydrogen (secondary N) is 1. The number of carboxylic acid groups (broad SMARTS) is 1. The highest BCUT2D eigenvalue weighted by atomic mass is 32.2. The molecule has 4 heterocycles. The molecule has 2 aliphatic heterocycles. The third-order valence-electron chi connectivity index (χ3n) is 5.23. The molecule has 2 atom stereocenters. The van der Waals surface area contributed by atoms with Crippen molar-refractivity contribution < 1.29 is 34.1 Å². The van der Waals surface area contributed by atoms with Gasteiger partial charge in [-0.05, 0) is 17.1 Å². The Morgan fingerprint density at radius 1 is 1.38 bits per heavy atom. The average Bonchev–Trinajstić information content (AvgIpc) is 3.28. The highest BCUT2D eigenvalue weighted by Crippen LogP contribution is 2.40. The van der Waals surface area contributed by atoms with Crippen molar-refractivity contribution in [2.45, 2.75) is 22.9 Å². The fourth-order valence-corrected chi connectivity index (χ4v) is 6.12. The summed E-state index contributed by atoms with van der Waals surface area (Å²) in [6.45, 7) is 0.0555. The maximum absolute atomic E-state index is 12.8. The number of allylic oxidation sites excluding steroid dienone is 1. The zero-order valence-electron chi connectivity index (χ0n) is 18.8. The normalized spacial score (nSPS) is 19.5. The third kappa shape index (κ3) is 5.60. The van der Waals surface area contributed by atoms with Crippen LogP contribution in [0, 0.1) is 0 Å². The molecule has 2 aromatic rings. The number of rotatable bonds is 9. The lowest BCUT2D eigenvalue weighted by molar-refractivity contribution is -0.684. The second kappa shape index (κ2) is 11.0. The number of hydrogen-bond acceptors (Lipinski definition) is 12. The number of hydrogen-bond donors (Lipinski definition) is 4. The van der Waals surface area contributed by atoms with Crippen molar-refractivity contribution in [3.8, 4) is 0 Å². The molecule has 192 valence electrons. The fraction of sp³-hybridized carbons (Fsp3) is 0.190. The molecule has 1 fully saturated rings. The Morgan fingerprint density at radius 2 is 2.11 bits per heavy atom. The average molecular weight is 562 g/mol. The highest BCUT2D eigenvalue weighted by Gasteiger charge is 2.53. The maximum atomic E-state index is 12.8. The summed E-state index contributed by atoms with van der Waals surface area (Å²) in [5, 5.41) is 29.2. The Hall–Kier alpha value is -3.89. The molecule has 0 aromatic carbocycles. The number of carbonyl (C=O) groups is 4. The molecule has 0 radical (unpaired) electrons. The van der Waals surface area contributed by atoms with Crippen molar-refractivity contribution in [2.24, 2.45) is 10.9 Å². The van der Waals surface area contributed by atoms with E-state index in [9.17, 15) is 29.5 Å². The number of fused-ring (bicyclic) bond motifs is 1. The zero-order valence-corrected chi connectivity index (χ0v) is 21.2. The van der Waals surface area contributed by atoms with Crippen LogP contribution in [0.25, 0.3) is 0 Å². The molecule has 16 heteroatoms. The van der Waals surface area contributed by atoms with E-state index in [1.807, 2.05) is 0 Å². The number of nitrogens with two attached hydrogens (primary N) is 2. The smallest absolute Gasteiger partial charge is 0.283 e. The Balaban J connectivity index is 1.44. The van der Waals surface area contributed by atoms with Crippen LogP contribution in [0.1, 0.15) is 5.69 Å². The van der Waals surface area contributed by atoms with Gasteiger partial charge in [-0.1, -0.05) is 16.9 Å². The van der Waals surface area contributed by atoms with Crippen molar-refractivity contribution >= 4 is 69.4 Å². The van der Waals surface area contributed by atoms with Gasteiger partial charge in [-0.2, -0.15) is 4.57 Å². The first-order chi connectivity index (χ1) is 17.7. The van der Waals surface area contributed by atoms with E-state index in [-0.39, 0.29) is 28.8 Å². The Bertz CT molecular complexity index is 1350. The van der Waals surface area contributed by atoms with Gasteiger partial charge in [-0.3, -0.25) is 19.3 Å². The molecule has 0 aliphatic carbocycles. The predicted molar refractivity (Wildman–Crippen MR) is 133 cm³/mol. The van der Waals surface area contributed by atoms with E-state index in [0.29, 0.717) is 5.57 Å². The first-order valence-corrected chi connectivity index (χ1v) is 13.2. The minimum absolute atomic E-state index is 0.0452. The number of nitrogen functional groups attached to an aromatic ring is 1. The van der Waals surface area contributed by atoms with E-state index in [4.69, 9.17) is 11.5 Å². The van der Waals surface area contributed by atoms with Crippen LogP contribution in [0.4, 0.5) is 5.13 Å². The summed E-state index contributed by atoms with van der Waals surface area (Å²) in [4.78, 5) is 54.1. The number of pyridine rings is 1. The topological polar surface area (TPSA) is 208 Å². The molecular weight excluding hydrogens is 542 g/mol. The molecule has 37 heavy (non-hydrogen) atoms. The third-order valence-corrected chi connectivity index (χ3v) is 8.02. The van der Waals surface area contributed by atoms with Crippen molar-refractivity contribution in [1.29, 1.82) is 0 Å². The first kappa shape index (κ1) is 26.2. The van der Waals surface area contributed by atoms with Crippen LogP contribution in [0.3, 0.4) is 0 Å². The largest absolute Gasteiger partial charge is 0.543 e. The number of β-lactam (4-membered cyclic amide) rings is 1. The molecule has 13 nitrogen and oxygen atoms in total. The molecular formula is C21H19N7O6S3. The van der Waals surface area contributed by atoms with Crippen LogP contribution >= 0.6 is 34.9 Å². The molecule has 2 aliphatic rings. The number of aliphatic carboxylic acids is 1. The molecule has 4 rings (SSSR count). The molecule has 2 unspecified atom stereocenters. The summed E-state index contributed by atoms with van der Waals surface area (Å²) >= 11 is 3.62. The second-order valence-corrected chi connectivity index (χ2v) is 10.6. The molecule has 3 amide bonds. The summed E-state index contributed by atoms with van der Waals surface area (Å²) in [5.41, 5.74) is 10.5. The van der Waals surface area contributed by atoms with Crippen LogP contribution < -0.4 is 26.5 Å². The Labute approximate surface area is 221 Å². The Kier molecular flexibility index (Phi) is 7.80. The van der Waals surface area contributed by atoms with Crippen molar-refractivity contribution in [3.63, 3.8) is 0 Å². The minimum atomic E-state index is -1.52. The summed E-state index contributed by atoms with van der Waals surface area (Å²) in [6, 6.07) is 2.51. The number of oxime groups is 1. The van der Waals surface area contributed by atoms with E-state index in [0.717, 1.165) is 21.1 Å². The molecule has 1 saturated heterocycles. The van der Waals surface area contributed by atoms with Gasteiger partial charge >= 0.3 is 0 Å². The number of aromatic nitrogens is 2. The molecule has 6 N–H and O–H groups in total. The van der Waals surface area contributed by atoms with Gasteiger partial charge in [0.25, 0.3) is 17.7 Å². The van der Waals surface area contributed by atoms with E-state index < -0.39 is 40.8 Å². The highest BCUT2D eigenvalue weighted by molar-refractivity contribution is 8.02. The van der Waals surface area contributed by atoms with Crippen LogP contribution in [-0.4, -0.2) is 61.7 Å². The number of nitrogens with zero attached hydrogens (tertiary/aromatic N) is 4. The Morgan fingerprint density at radius 3 is 2.70 bits per heavy atom. The zero-order chi connectivity index (χ0) is 26.7. The molecule has 0 spiro atoms. The first-order valence-electron chi connectivity index (χ1n) is 10.4. The van der Waals surface area contributed by atoms with Crippen molar-refractivity contribution in [1.82, 2.24) is 15.2 Å². The fourth-order valence-electron chi connectivity index (χ4n) is 3.58. The van der Waals surface area contributed by atoms with Crippen LogP contribution in [-0.2, 0) is 25.7 Å². The molecule has 0 saturated carbocycles. The number of thioether (sulfide) groups is 2. The van der Waals surface area contributed by atoms with E-state index in [1.54, 1.807) is 40.6 Å². The number of carbonyl (C=O) groups excluding carboxylic acids is 4. The monoisotopic (exact) mass is 561 g/mol. The SMILES string of the molecule is NC(=O)C[n+]1ccc(S/C=C/C2=C(C(=O)[O-])N3C(=O)C(NC(=O)/C(=N\O)c4csc(N)n4)C3SC2)cc1. The summed E-state index contributed by atoms with van der Waals surface area (Å²) in [6.07, 6.45) is 4.97. The second-order valence-electron chi connectivity index (χ2n) is 7.63. The lowest BCUT2D eigenvalue weighted by atomic mass is 10.0. The van der Waals surface area contributed by atoms with Crippen LogP contribution in [0.5, 0.6) is 0 Å². The van der Waals surface area contributed by atoms with Crippen LogP contribution in [0.15, 0.2) is 62.7 Å². The number of amides is 3. The lowest BCUT2D eigenvalue weighted by Crippen LogP contribution is -2.71. The standard InChI is InChI=1S/C21H19N7O6S3/c22-13(29)7-27-4-1-11(2-5-27)35-6-3-10-8-36-19-15(18(31)28(19)16(10)20(32)33)25-17(30)14(26-34)12-9-37-21(23)24-12/h1-6,9,15,19H,7-8H2,(H6-,22,23,24,25,29,30,32,33,34)/b6-3+. The quantitative estimate of drug-likeness (QED) is 0.0687. The summed E-state index contributed by atoms with van der Waals surface area (Å²) in [7, 11) is 0. The van der Waals surface area contributed by atoms with Crippen molar-refractivity contribution in [3.05, 3.63) is 58.4 Å². The van der Waals surface area contributed by atoms with Gasteiger partial charge in [0.05, 0.1) is 11.7 Å².